The average molecular weight is 341 g/mol. The van der Waals surface area contributed by atoms with Crippen LogP contribution in [0, 0.1) is 0 Å². The summed E-state index contributed by atoms with van der Waals surface area (Å²) in [6.45, 7) is 1.96. The molecule has 1 aliphatic heterocycles. The van der Waals surface area contributed by atoms with Crippen molar-refractivity contribution in [1.82, 2.24) is 4.98 Å². The maximum absolute atomic E-state index is 11.9. The van der Waals surface area contributed by atoms with Crippen LogP contribution in [0.25, 0.3) is 0 Å². The van der Waals surface area contributed by atoms with Crippen LogP contribution in [0.1, 0.15) is 19.3 Å². The predicted octanol–water partition coefficient (Wildman–Crippen LogP) is 3.08. The van der Waals surface area contributed by atoms with Gasteiger partial charge in [-0.25, -0.2) is 4.98 Å². The molecule has 0 radical (unpaired) electrons. The highest BCUT2D eigenvalue weighted by atomic mass is 16.5. The first kappa shape index (κ1) is 17.2. The number of rotatable bonds is 8. The Hall–Kier alpha value is -2.60. The second kappa shape index (κ2) is 9.03. The van der Waals surface area contributed by atoms with Crippen molar-refractivity contribution >= 4 is 17.4 Å². The average Bonchev–Trinajstić information content (AvgIpc) is 3.16. The Balaban J connectivity index is 1.37. The molecule has 1 atom stereocenters. The van der Waals surface area contributed by atoms with Gasteiger partial charge in [0.2, 0.25) is 5.91 Å². The van der Waals surface area contributed by atoms with Crippen molar-refractivity contribution in [2.45, 2.75) is 25.4 Å². The number of hydrogen-bond acceptors (Lipinski definition) is 5. The Kier molecular flexibility index (Phi) is 6.23. The van der Waals surface area contributed by atoms with Crippen molar-refractivity contribution in [2.75, 3.05) is 30.4 Å². The smallest absolute Gasteiger partial charge is 0.228 e. The second-order valence-electron chi connectivity index (χ2n) is 5.91. The SMILES string of the molecule is O=C(CCOc1ccccc1)Nc1ccc(NCC2CCCO2)cn1. The zero-order chi connectivity index (χ0) is 17.3. The summed E-state index contributed by atoms with van der Waals surface area (Å²) in [7, 11) is 0. The second-order valence-corrected chi connectivity index (χ2v) is 5.91. The normalized spacial score (nSPS) is 16.4. The van der Waals surface area contributed by atoms with Crippen LogP contribution >= 0.6 is 0 Å². The van der Waals surface area contributed by atoms with Crippen molar-refractivity contribution in [3.05, 3.63) is 48.7 Å². The van der Waals surface area contributed by atoms with Crippen LogP contribution in [-0.4, -0.2) is 36.8 Å². The van der Waals surface area contributed by atoms with E-state index in [2.05, 4.69) is 15.6 Å². The Morgan fingerprint density at radius 2 is 2.12 bits per heavy atom. The van der Waals surface area contributed by atoms with Gasteiger partial charge in [0.25, 0.3) is 0 Å². The first-order valence-corrected chi connectivity index (χ1v) is 8.59. The summed E-state index contributed by atoms with van der Waals surface area (Å²) >= 11 is 0. The van der Waals surface area contributed by atoms with Gasteiger partial charge in [-0.3, -0.25) is 4.79 Å². The fourth-order valence-corrected chi connectivity index (χ4v) is 2.59. The van der Waals surface area contributed by atoms with Crippen LogP contribution in [0.5, 0.6) is 5.75 Å². The third-order valence-corrected chi connectivity index (χ3v) is 3.93. The summed E-state index contributed by atoms with van der Waals surface area (Å²) in [6.07, 6.45) is 4.49. The van der Waals surface area contributed by atoms with Crippen molar-refractivity contribution in [1.29, 1.82) is 0 Å². The number of nitrogens with one attached hydrogen (secondary N) is 2. The molecule has 3 rings (SSSR count). The van der Waals surface area contributed by atoms with E-state index in [0.29, 0.717) is 12.4 Å². The first-order chi connectivity index (χ1) is 12.3. The maximum Gasteiger partial charge on any atom is 0.228 e. The minimum absolute atomic E-state index is 0.122. The summed E-state index contributed by atoms with van der Waals surface area (Å²) in [5.41, 5.74) is 0.918. The number of pyridine rings is 1. The first-order valence-electron chi connectivity index (χ1n) is 8.59. The molecular weight excluding hydrogens is 318 g/mol. The molecule has 0 saturated carbocycles. The van der Waals surface area contributed by atoms with Crippen LogP contribution in [0.2, 0.25) is 0 Å². The van der Waals surface area contributed by atoms with Gasteiger partial charge in [-0.05, 0) is 37.1 Å². The van der Waals surface area contributed by atoms with Crippen LogP contribution < -0.4 is 15.4 Å². The zero-order valence-corrected chi connectivity index (χ0v) is 14.1. The number of carbonyl (C=O) groups is 1. The number of ether oxygens (including phenoxy) is 2. The Morgan fingerprint density at radius 1 is 1.24 bits per heavy atom. The van der Waals surface area contributed by atoms with Crippen LogP contribution in [0.3, 0.4) is 0 Å². The number of nitrogens with zero attached hydrogens (tertiary/aromatic N) is 1. The number of benzene rings is 1. The molecule has 1 aromatic heterocycles. The van der Waals surface area contributed by atoms with E-state index in [1.54, 1.807) is 12.3 Å². The zero-order valence-electron chi connectivity index (χ0n) is 14.1. The van der Waals surface area contributed by atoms with Gasteiger partial charge in [0, 0.05) is 13.2 Å². The summed E-state index contributed by atoms with van der Waals surface area (Å²) in [5.74, 6) is 1.17. The van der Waals surface area contributed by atoms with Crippen molar-refractivity contribution in [3.63, 3.8) is 0 Å². The highest BCUT2D eigenvalue weighted by Crippen LogP contribution is 2.15. The van der Waals surface area contributed by atoms with Gasteiger partial charge < -0.3 is 20.1 Å². The molecule has 6 nitrogen and oxygen atoms in total. The standard InChI is InChI=1S/C19H23N3O3/c23-19(10-12-25-16-5-2-1-3-6-16)22-18-9-8-15(13-21-18)20-14-17-7-4-11-24-17/h1-3,5-6,8-9,13,17,20H,4,7,10-12,14H2,(H,21,22,23). The predicted molar refractivity (Wildman–Crippen MR) is 96.9 cm³/mol. The highest BCUT2D eigenvalue weighted by molar-refractivity contribution is 5.89. The van der Waals surface area contributed by atoms with Gasteiger partial charge in [0.05, 0.1) is 31.0 Å². The van der Waals surface area contributed by atoms with Crippen molar-refractivity contribution in [2.24, 2.45) is 0 Å². The summed E-state index contributed by atoms with van der Waals surface area (Å²) in [5, 5.41) is 6.07. The summed E-state index contributed by atoms with van der Waals surface area (Å²) in [6, 6.07) is 13.1. The molecule has 1 fully saturated rings. The fourth-order valence-electron chi connectivity index (χ4n) is 2.59. The van der Waals surface area contributed by atoms with Gasteiger partial charge in [-0.2, -0.15) is 0 Å². The van der Waals surface area contributed by atoms with Gasteiger partial charge >= 0.3 is 0 Å². The minimum Gasteiger partial charge on any atom is -0.493 e. The monoisotopic (exact) mass is 341 g/mol. The van der Waals surface area contributed by atoms with Crippen LogP contribution in [0.15, 0.2) is 48.7 Å². The number of amides is 1. The lowest BCUT2D eigenvalue weighted by atomic mass is 10.2. The third-order valence-electron chi connectivity index (χ3n) is 3.93. The van der Waals surface area contributed by atoms with E-state index in [0.717, 1.165) is 37.4 Å². The van der Waals surface area contributed by atoms with E-state index in [-0.39, 0.29) is 18.4 Å². The van der Waals surface area contributed by atoms with Crippen molar-refractivity contribution in [3.8, 4) is 5.75 Å². The Bertz CT molecular complexity index is 655. The molecule has 0 bridgehead atoms. The topological polar surface area (TPSA) is 72.5 Å². The number of para-hydroxylation sites is 1. The lowest BCUT2D eigenvalue weighted by Crippen LogP contribution is -2.18. The van der Waals surface area contributed by atoms with E-state index in [4.69, 9.17) is 9.47 Å². The number of aromatic nitrogens is 1. The van der Waals surface area contributed by atoms with E-state index in [9.17, 15) is 4.79 Å². The molecule has 1 unspecified atom stereocenters. The van der Waals surface area contributed by atoms with Gasteiger partial charge in [-0.1, -0.05) is 18.2 Å². The molecule has 2 heterocycles. The lowest BCUT2D eigenvalue weighted by molar-refractivity contribution is -0.116. The van der Waals surface area contributed by atoms with Crippen molar-refractivity contribution < 1.29 is 14.3 Å². The van der Waals surface area contributed by atoms with E-state index in [1.807, 2.05) is 36.4 Å². The van der Waals surface area contributed by atoms with Gasteiger partial charge in [0.1, 0.15) is 11.6 Å². The fraction of sp³-hybridized carbons (Fsp3) is 0.368. The number of carbonyl (C=O) groups excluding carboxylic acids is 1. The summed E-state index contributed by atoms with van der Waals surface area (Å²) < 4.78 is 11.1. The minimum atomic E-state index is -0.122. The molecule has 1 amide bonds. The molecular formula is C19H23N3O3. The number of anilines is 2. The summed E-state index contributed by atoms with van der Waals surface area (Å²) in [4.78, 5) is 16.2. The molecule has 132 valence electrons. The van der Waals surface area contributed by atoms with Gasteiger partial charge in [0.15, 0.2) is 0 Å². The molecule has 25 heavy (non-hydrogen) atoms. The molecule has 2 aromatic rings. The molecule has 1 aliphatic rings. The van der Waals surface area contributed by atoms with Gasteiger partial charge in [-0.15, -0.1) is 0 Å². The Morgan fingerprint density at radius 3 is 2.84 bits per heavy atom. The Labute approximate surface area is 147 Å². The molecule has 6 heteroatoms. The number of hydrogen-bond donors (Lipinski definition) is 2. The lowest BCUT2D eigenvalue weighted by Gasteiger charge is -2.12. The van der Waals surface area contributed by atoms with Crippen LogP contribution in [-0.2, 0) is 9.53 Å². The van der Waals surface area contributed by atoms with Crippen LogP contribution in [0.4, 0.5) is 11.5 Å². The van der Waals surface area contributed by atoms with E-state index < -0.39 is 0 Å². The molecule has 0 aliphatic carbocycles. The molecule has 1 saturated heterocycles. The molecule has 1 aromatic carbocycles. The quantitative estimate of drug-likeness (QED) is 0.772. The largest absolute Gasteiger partial charge is 0.493 e. The highest BCUT2D eigenvalue weighted by Gasteiger charge is 2.14. The third kappa shape index (κ3) is 5.76. The molecule has 2 N–H and O–H groups in total. The maximum atomic E-state index is 11.9. The van der Waals surface area contributed by atoms with E-state index >= 15 is 0 Å². The van der Waals surface area contributed by atoms with E-state index in [1.165, 1.54) is 0 Å². The molecule has 0 spiro atoms.